The molecule has 1 saturated heterocycles. The van der Waals surface area contributed by atoms with Crippen LogP contribution in [0.3, 0.4) is 0 Å². The van der Waals surface area contributed by atoms with Crippen LogP contribution in [0.2, 0.25) is 5.02 Å². The van der Waals surface area contributed by atoms with Gasteiger partial charge in [-0.25, -0.2) is 8.42 Å². The van der Waals surface area contributed by atoms with Gasteiger partial charge in [0.2, 0.25) is 5.91 Å². The number of sulfonamides is 1. The first-order valence-corrected chi connectivity index (χ1v) is 10.7. The number of benzene rings is 1. The first-order chi connectivity index (χ1) is 11.9. The predicted octanol–water partition coefficient (Wildman–Crippen LogP) is 3.75. The topological polar surface area (TPSA) is 66.5 Å². The van der Waals surface area contributed by atoms with Crippen LogP contribution < -0.4 is 5.32 Å². The summed E-state index contributed by atoms with van der Waals surface area (Å²) in [4.78, 5) is 12.6. The number of anilines is 1. The van der Waals surface area contributed by atoms with Crippen LogP contribution in [0.1, 0.15) is 18.4 Å². The van der Waals surface area contributed by atoms with Crippen LogP contribution in [0.25, 0.3) is 0 Å². The van der Waals surface area contributed by atoms with Gasteiger partial charge in [0.25, 0.3) is 10.0 Å². The van der Waals surface area contributed by atoms with Crippen molar-refractivity contribution in [2.75, 3.05) is 18.4 Å². The van der Waals surface area contributed by atoms with Crippen LogP contribution in [0.15, 0.2) is 39.9 Å². The van der Waals surface area contributed by atoms with Crippen LogP contribution in [0, 0.1) is 12.8 Å². The summed E-state index contributed by atoms with van der Waals surface area (Å²) in [5.41, 5.74) is 1.58. The third-order valence-electron chi connectivity index (χ3n) is 4.29. The number of carbonyl (C=O) groups excluding carboxylic acids is 1. The van der Waals surface area contributed by atoms with Gasteiger partial charge in [-0.3, -0.25) is 4.79 Å². The van der Waals surface area contributed by atoms with Gasteiger partial charge in [0.15, 0.2) is 0 Å². The summed E-state index contributed by atoms with van der Waals surface area (Å²) in [5, 5.41) is 5.25. The average Bonchev–Trinajstić information content (AvgIpc) is 3.13. The molecule has 1 aliphatic rings. The standard InChI is InChI=1S/C17H19ClN2O3S2/c1-12-10-14(18)6-7-15(12)19-17(21)13-4-2-8-20(11-13)25(22,23)16-5-3-9-24-16/h3,5-7,9-10,13H,2,4,8,11H2,1H3,(H,19,21). The minimum Gasteiger partial charge on any atom is -0.326 e. The minimum absolute atomic E-state index is 0.156. The van der Waals surface area contributed by atoms with Gasteiger partial charge < -0.3 is 5.32 Å². The number of hydrogen-bond donors (Lipinski definition) is 1. The number of halogens is 1. The third kappa shape index (κ3) is 4.06. The number of piperidine rings is 1. The van der Waals surface area contributed by atoms with E-state index in [1.54, 1.807) is 35.7 Å². The first-order valence-electron chi connectivity index (χ1n) is 7.98. The smallest absolute Gasteiger partial charge is 0.252 e. The minimum atomic E-state index is -3.52. The molecule has 1 amide bonds. The molecule has 1 fully saturated rings. The van der Waals surface area contributed by atoms with E-state index in [-0.39, 0.29) is 18.4 Å². The second-order valence-corrected chi connectivity index (χ2v) is 9.63. The summed E-state index contributed by atoms with van der Waals surface area (Å²) >= 11 is 7.13. The molecular formula is C17H19ClN2O3S2. The van der Waals surface area contributed by atoms with Gasteiger partial charge in [-0.15, -0.1) is 11.3 Å². The molecule has 8 heteroatoms. The molecule has 1 aliphatic heterocycles. The molecule has 0 bridgehead atoms. The van der Waals surface area contributed by atoms with E-state index in [0.29, 0.717) is 34.3 Å². The van der Waals surface area contributed by atoms with Crippen LogP contribution in [0.5, 0.6) is 0 Å². The fraction of sp³-hybridized carbons (Fsp3) is 0.353. The molecule has 1 aromatic carbocycles. The quantitative estimate of drug-likeness (QED) is 0.852. The van der Waals surface area contributed by atoms with Crippen LogP contribution in [-0.2, 0) is 14.8 Å². The number of nitrogens with zero attached hydrogens (tertiary/aromatic N) is 1. The highest BCUT2D eigenvalue weighted by Gasteiger charge is 2.33. The zero-order valence-corrected chi connectivity index (χ0v) is 16.1. The molecule has 0 spiro atoms. The van der Waals surface area contributed by atoms with Crippen molar-refractivity contribution in [2.24, 2.45) is 5.92 Å². The maximum Gasteiger partial charge on any atom is 0.252 e. The zero-order chi connectivity index (χ0) is 18.0. The highest BCUT2D eigenvalue weighted by molar-refractivity contribution is 7.91. The molecule has 2 heterocycles. The summed E-state index contributed by atoms with van der Waals surface area (Å²) in [7, 11) is -3.52. The largest absolute Gasteiger partial charge is 0.326 e. The Balaban J connectivity index is 1.72. The van der Waals surface area contributed by atoms with Crippen LogP contribution in [-0.4, -0.2) is 31.7 Å². The lowest BCUT2D eigenvalue weighted by Gasteiger charge is -2.30. The van der Waals surface area contributed by atoms with Gasteiger partial charge in [-0.05, 0) is 55.0 Å². The molecule has 0 saturated carbocycles. The Labute approximate surface area is 156 Å². The van der Waals surface area contributed by atoms with E-state index in [9.17, 15) is 13.2 Å². The SMILES string of the molecule is Cc1cc(Cl)ccc1NC(=O)C1CCCN(S(=O)(=O)c2cccs2)C1. The molecular weight excluding hydrogens is 380 g/mol. The number of carbonyl (C=O) groups is 1. The first kappa shape index (κ1) is 18.4. The van der Waals surface area contributed by atoms with E-state index in [2.05, 4.69) is 5.32 Å². The van der Waals surface area contributed by atoms with E-state index in [4.69, 9.17) is 11.6 Å². The highest BCUT2D eigenvalue weighted by Crippen LogP contribution is 2.27. The summed E-state index contributed by atoms with van der Waals surface area (Å²) in [6.07, 6.45) is 1.34. The molecule has 1 N–H and O–H groups in total. The Morgan fingerprint density at radius 1 is 1.36 bits per heavy atom. The predicted molar refractivity (Wildman–Crippen MR) is 101 cm³/mol. The van der Waals surface area contributed by atoms with Gasteiger partial charge in [-0.1, -0.05) is 17.7 Å². The molecule has 0 aliphatic carbocycles. The van der Waals surface area contributed by atoms with E-state index in [1.807, 2.05) is 6.92 Å². The number of rotatable bonds is 4. The molecule has 1 aromatic heterocycles. The third-order valence-corrected chi connectivity index (χ3v) is 7.76. The lowest BCUT2D eigenvalue weighted by Crippen LogP contribution is -2.43. The fourth-order valence-electron chi connectivity index (χ4n) is 2.91. The van der Waals surface area contributed by atoms with Crippen molar-refractivity contribution in [3.05, 3.63) is 46.3 Å². The highest BCUT2D eigenvalue weighted by atomic mass is 35.5. The molecule has 2 aromatic rings. The normalized spacial score (nSPS) is 18.9. The van der Waals surface area contributed by atoms with Gasteiger partial charge in [0, 0.05) is 23.8 Å². The molecule has 5 nitrogen and oxygen atoms in total. The molecule has 3 rings (SSSR count). The van der Waals surface area contributed by atoms with Crippen molar-refractivity contribution in [2.45, 2.75) is 24.0 Å². The number of amides is 1. The second kappa shape index (κ2) is 7.45. The van der Waals surface area contributed by atoms with Crippen molar-refractivity contribution in [3.8, 4) is 0 Å². The van der Waals surface area contributed by atoms with Crippen molar-refractivity contribution < 1.29 is 13.2 Å². The summed E-state index contributed by atoms with van der Waals surface area (Å²) in [6.45, 7) is 2.53. The van der Waals surface area contributed by atoms with Crippen LogP contribution in [0.4, 0.5) is 5.69 Å². The Bertz CT molecular complexity index is 866. The maximum atomic E-state index is 12.7. The lowest BCUT2D eigenvalue weighted by atomic mass is 9.98. The van der Waals surface area contributed by atoms with Gasteiger partial charge >= 0.3 is 0 Å². The fourth-order valence-corrected chi connectivity index (χ4v) is 5.81. The average molecular weight is 399 g/mol. The van der Waals surface area contributed by atoms with Gasteiger partial charge in [0.1, 0.15) is 4.21 Å². The summed E-state index contributed by atoms with van der Waals surface area (Å²) < 4.78 is 27.1. The molecule has 1 unspecified atom stereocenters. The summed E-state index contributed by atoms with van der Waals surface area (Å²) in [5.74, 6) is -0.518. The Hall–Kier alpha value is -1.41. The molecule has 25 heavy (non-hydrogen) atoms. The Morgan fingerprint density at radius 2 is 2.16 bits per heavy atom. The van der Waals surface area contributed by atoms with E-state index < -0.39 is 10.0 Å². The lowest BCUT2D eigenvalue weighted by molar-refractivity contribution is -0.120. The molecule has 1 atom stereocenters. The number of thiophene rings is 1. The number of nitrogens with one attached hydrogen (secondary N) is 1. The van der Waals surface area contributed by atoms with E-state index in [0.717, 1.165) is 5.56 Å². The van der Waals surface area contributed by atoms with Gasteiger partial charge in [0.05, 0.1) is 5.92 Å². The Kier molecular flexibility index (Phi) is 5.48. The monoisotopic (exact) mass is 398 g/mol. The molecule has 0 radical (unpaired) electrons. The van der Waals surface area contributed by atoms with Crippen molar-refractivity contribution in [1.29, 1.82) is 0 Å². The summed E-state index contributed by atoms with van der Waals surface area (Å²) in [6, 6.07) is 8.58. The van der Waals surface area contributed by atoms with E-state index >= 15 is 0 Å². The second-order valence-electron chi connectivity index (χ2n) is 6.08. The molecule has 134 valence electrons. The van der Waals surface area contributed by atoms with Crippen LogP contribution >= 0.6 is 22.9 Å². The maximum absolute atomic E-state index is 12.7. The number of hydrogen-bond acceptors (Lipinski definition) is 4. The van der Waals surface area contributed by atoms with Gasteiger partial charge in [-0.2, -0.15) is 4.31 Å². The zero-order valence-electron chi connectivity index (χ0n) is 13.7. The van der Waals surface area contributed by atoms with Crippen molar-refractivity contribution in [3.63, 3.8) is 0 Å². The Morgan fingerprint density at radius 3 is 2.84 bits per heavy atom. The number of aryl methyl sites for hydroxylation is 1. The van der Waals surface area contributed by atoms with E-state index in [1.165, 1.54) is 15.6 Å². The van der Waals surface area contributed by atoms with Crippen molar-refractivity contribution in [1.82, 2.24) is 4.31 Å². The van der Waals surface area contributed by atoms with Crippen molar-refractivity contribution >= 4 is 44.6 Å².